The number of hydrogen-bond acceptors (Lipinski definition) is 4. The Labute approximate surface area is 137 Å². The number of piperazine rings is 1. The Morgan fingerprint density at radius 2 is 1.82 bits per heavy atom. The molecule has 0 aliphatic carbocycles. The summed E-state index contributed by atoms with van der Waals surface area (Å²) in [6.45, 7) is 3.91. The minimum Gasteiger partial charge on any atom is -0.340 e. The second-order valence-electron chi connectivity index (χ2n) is 6.12. The molecule has 0 spiro atoms. The lowest BCUT2D eigenvalue weighted by atomic mass is 10.1. The summed E-state index contributed by atoms with van der Waals surface area (Å²) in [7, 11) is 0. The van der Waals surface area contributed by atoms with Crippen molar-refractivity contribution >= 4 is 17.7 Å². The van der Waals surface area contributed by atoms with Crippen LogP contribution in [0, 0.1) is 0 Å². The molecule has 2 aliphatic rings. The molecule has 22 heavy (non-hydrogen) atoms. The second kappa shape index (κ2) is 7.97. The van der Waals surface area contributed by atoms with Gasteiger partial charge in [0.2, 0.25) is 5.91 Å². The third-order valence-electron chi connectivity index (χ3n) is 4.75. The molecule has 0 aromatic carbocycles. The van der Waals surface area contributed by atoms with E-state index >= 15 is 0 Å². The predicted molar refractivity (Wildman–Crippen MR) is 91.1 cm³/mol. The zero-order valence-electron chi connectivity index (χ0n) is 13.1. The molecule has 2 saturated heterocycles. The summed E-state index contributed by atoms with van der Waals surface area (Å²) in [6.07, 6.45) is 7.66. The van der Waals surface area contributed by atoms with E-state index in [0.29, 0.717) is 12.3 Å². The molecule has 5 heteroatoms. The summed E-state index contributed by atoms with van der Waals surface area (Å²) >= 11 is 2.08. The van der Waals surface area contributed by atoms with Gasteiger partial charge in [-0.25, -0.2) is 0 Å². The average molecular weight is 319 g/mol. The Morgan fingerprint density at radius 1 is 1.14 bits per heavy atom. The van der Waals surface area contributed by atoms with Crippen molar-refractivity contribution in [1.82, 2.24) is 14.8 Å². The van der Waals surface area contributed by atoms with E-state index in [-0.39, 0.29) is 0 Å². The Balaban J connectivity index is 1.41. The standard InChI is InChI=1S/C17H25N3OS/c21-17(2-1-15-3-7-18-8-4-15)20-11-9-19(10-12-20)16-5-13-22-14-6-16/h3-4,7-8,16H,1-2,5-6,9-14H2. The Bertz CT molecular complexity index is 468. The van der Waals surface area contributed by atoms with Gasteiger partial charge in [0.05, 0.1) is 0 Å². The van der Waals surface area contributed by atoms with E-state index in [1.165, 1.54) is 29.9 Å². The zero-order valence-corrected chi connectivity index (χ0v) is 13.9. The fourth-order valence-electron chi connectivity index (χ4n) is 3.35. The van der Waals surface area contributed by atoms with Crippen LogP contribution in [0.15, 0.2) is 24.5 Å². The van der Waals surface area contributed by atoms with E-state index in [0.717, 1.165) is 38.6 Å². The van der Waals surface area contributed by atoms with Gasteiger partial charge in [-0.05, 0) is 48.5 Å². The Hall–Kier alpha value is -1.07. The van der Waals surface area contributed by atoms with E-state index in [4.69, 9.17) is 0 Å². The molecular formula is C17H25N3OS. The van der Waals surface area contributed by atoms with Crippen molar-refractivity contribution < 1.29 is 4.79 Å². The largest absolute Gasteiger partial charge is 0.340 e. The first-order valence-corrected chi connectivity index (χ1v) is 9.47. The van der Waals surface area contributed by atoms with Crippen LogP contribution < -0.4 is 0 Å². The predicted octanol–water partition coefficient (Wildman–Crippen LogP) is 2.05. The fraction of sp³-hybridized carbons (Fsp3) is 0.647. The fourth-order valence-corrected chi connectivity index (χ4v) is 4.43. The van der Waals surface area contributed by atoms with Crippen molar-refractivity contribution in [1.29, 1.82) is 0 Å². The van der Waals surface area contributed by atoms with E-state index < -0.39 is 0 Å². The number of rotatable bonds is 4. The van der Waals surface area contributed by atoms with Gasteiger partial charge in [-0.1, -0.05) is 0 Å². The second-order valence-corrected chi connectivity index (χ2v) is 7.34. The molecule has 1 amide bonds. The number of carbonyl (C=O) groups excluding carboxylic acids is 1. The van der Waals surface area contributed by atoms with Crippen molar-refractivity contribution in [2.24, 2.45) is 0 Å². The van der Waals surface area contributed by atoms with Gasteiger partial charge in [0, 0.05) is 51.0 Å². The lowest BCUT2D eigenvalue weighted by molar-refractivity contribution is -0.133. The average Bonchev–Trinajstić information content (AvgIpc) is 2.61. The van der Waals surface area contributed by atoms with E-state index in [9.17, 15) is 4.79 Å². The highest BCUT2D eigenvalue weighted by Gasteiger charge is 2.26. The molecule has 0 atom stereocenters. The van der Waals surface area contributed by atoms with Crippen LogP contribution in [0.25, 0.3) is 0 Å². The Morgan fingerprint density at radius 3 is 2.50 bits per heavy atom. The third-order valence-corrected chi connectivity index (χ3v) is 5.80. The highest BCUT2D eigenvalue weighted by molar-refractivity contribution is 7.99. The molecular weight excluding hydrogens is 294 g/mol. The van der Waals surface area contributed by atoms with E-state index in [1.807, 2.05) is 12.1 Å². The minimum atomic E-state index is 0.302. The summed E-state index contributed by atoms with van der Waals surface area (Å²) < 4.78 is 0. The molecule has 0 saturated carbocycles. The smallest absolute Gasteiger partial charge is 0.222 e. The number of carbonyl (C=O) groups is 1. The lowest BCUT2D eigenvalue weighted by Crippen LogP contribution is -2.52. The molecule has 4 nitrogen and oxygen atoms in total. The summed E-state index contributed by atoms with van der Waals surface area (Å²) in [4.78, 5) is 21.0. The van der Waals surface area contributed by atoms with Crippen LogP contribution in [-0.4, -0.2) is 64.4 Å². The lowest BCUT2D eigenvalue weighted by Gasteiger charge is -2.40. The van der Waals surface area contributed by atoms with Crippen LogP contribution in [0.3, 0.4) is 0 Å². The molecule has 120 valence electrons. The topological polar surface area (TPSA) is 36.4 Å². The molecule has 0 unspecified atom stereocenters. The summed E-state index contributed by atoms with van der Waals surface area (Å²) in [5.41, 5.74) is 1.20. The van der Waals surface area contributed by atoms with Gasteiger partial charge < -0.3 is 4.90 Å². The third kappa shape index (κ3) is 4.23. The van der Waals surface area contributed by atoms with Crippen LogP contribution in [0.4, 0.5) is 0 Å². The molecule has 0 radical (unpaired) electrons. The highest BCUT2D eigenvalue weighted by atomic mass is 32.2. The van der Waals surface area contributed by atoms with Crippen molar-refractivity contribution in [3.8, 4) is 0 Å². The SMILES string of the molecule is O=C(CCc1ccncc1)N1CCN(C2CCSCC2)CC1. The van der Waals surface area contributed by atoms with Crippen LogP contribution in [-0.2, 0) is 11.2 Å². The monoisotopic (exact) mass is 319 g/mol. The first-order valence-electron chi connectivity index (χ1n) is 8.31. The number of thioether (sulfide) groups is 1. The highest BCUT2D eigenvalue weighted by Crippen LogP contribution is 2.22. The maximum absolute atomic E-state index is 12.3. The summed E-state index contributed by atoms with van der Waals surface area (Å²) in [5, 5.41) is 0. The van der Waals surface area contributed by atoms with Gasteiger partial charge in [0.25, 0.3) is 0 Å². The van der Waals surface area contributed by atoms with Crippen LogP contribution in [0.5, 0.6) is 0 Å². The number of pyridine rings is 1. The van der Waals surface area contributed by atoms with Crippen LogP contribution >= 0.6 is 11.8 Å². The molecule has 0 bridgehead atoms. The normalized spacial score (nSPS) is 21.0. The number of nitrogens with zero attached hydrogens (tertiary/aromatic N) is 3. The van der Waals surface area contributed by atoms with Gasteiger partial charge in [-0.15, -0.1) is 0 Å². The molecule has 1 aromatic heterocycles. The molecule has 0 N–H and O–H groups in total. The quantitative estimate of drug-likeness (QED) is 0.851. The number of aryl methyl sites for hydroxylation is 1. The van der Waals surface area contributed by atoms with Gasteiger partial charge in [0.1, 0.15) is 0 Å². The maximum atomic E-state index is 12.3. The molecule has 3 heterocycles. The van der Waals surface area contributed by atoms with Gasteiger partial charge in [-0.2, -0.15) is 11.8 Å². The van der Waals surface area contributed by atoms with Gasteiger partial charge >= 0.3 is 0 Å². The molecule has 3 rings (SSSR count). The van der Waals surface area contributed by atoms with Crippen molar-refractivity contribution in [2.75, 3.05) is 37.7 Å². The first-order chi connectivity index (χ1) is 10.8. The van der Waals surface area contributed by atoms with Crippen LogP contribution in [0.1, 0.15) is 24.8 Å². The zero-order chi connectivity index (χ0) is 15.2. The molecule has 2 aliphatic heterocycles. The van der Waals surface area contributed by atoms with Crippen molar-refractivity contribution in [3.63, 3.8) is 0 Å². The van der Waals surface area contributed by atoms with Crippen molar-refractivity contribution in [2.45, 2.75) is 31.7 Å². The first kappa shape index (κ1) is 15.8. The summed E-state index contributed by atoms with van der Waals surface area (Å²) in [6, 6.07) is 4.74. The molecule has 1 aromatic rings. The number of aromatic nitrogens is 1. The van der Waals surface area contributed by atoms with E-state index in [2.05, 4.69) is 26.5 Å². The number of amides is 1. The van der Waals surface area contributed by atoms with Crippen molar-refractivity contribution in [3.05, 3.63) is 30.1 Å². The van der Waals surface area contributed by atoms with E-state index in [1.54, 1.807) is 12.4 Å². The summed E-state index contributed by atoms with van der Waals surface area (Å²) in [5.74, 6) is 2.90. The maximum Gasteiger partial charge on any atom is 0.222 e. The molecule has 2 fully saturated rings. The van der Waals surface area contributed by atoms with Gasteiger partial charge in [-0.3, -0.25) is 14.7 Å². The van der Waals surface area contributed by atoms with Crippen LogP contribution in [0.2, 0.25) is 0 Å². The van der Waals surface area contributed by atoms with Gasteiger partial charge in [0.15, 0.2) is 0 Å². The Kier molecular flexibility index (Phi) is 5.73. The number of hydrogen-bond donors (Lipinski definition) is 0. The minimum absolute atomic E-state index is 0.302.